The number of sulfonamides is 1. The van der Waals surface area contributed by atoms with E-state index in [0.717, 1.165) is 0 Å². The van der Waals surface area contributed by atoms with E-state index in [1.165, 1.54) is 12.1 Å². The minimum atomic E-state index is -3.67. The normalized spacial score (nSPS) is 11.6. The molecule has 0 saturated heterocycles. The fourth-order valence-electron chi connectivity index (χ4n) is 1.16. The zero-order chi connectivity index (χ0) is 12.3. The standard InChI is InChI=1S/C8H8ClN5O2S/c9-6-3-1-2-4-7(6)17(15,16)10-5-8-11-13-14-12-8/h1-4,10H,5H2,(H,11,12,13,14). The van der Waals surface area contributed by atoms with Crippen molar-refractivity contribution in [3.8, 4) is 0 Å². The number of nitrogens with one attached hydrogen (secondary N) is 2. The Balaban J connectivity index is 2.17. The van der Waals surface area contributed by atoms with Gasteiger partial charge in [0.25, 0.3) is 0 Å². The van der Waals surface area contributed by atoms with Gasteiger partial charge >= 0.3 is 0 Å². The molecule has 0 atom stereocenters. The highest BCUT2D eigenvalue weighted by Crippen LogP contribution is 2.20. The molecule has 2 aromatic rings. The van der Waals surface area contributed by atoms with Crippen molar-refractivity contribution in [1.82, 2.24) is 25.3 Å². The fraction of sp³-hybridized carbons (Fsp3) is 0.125. The molecule has 1 aromatic carbocycles. The van der Waals surface area contributed by atoms with Crippen molar-refractivity contribution in [3.63, 3.8) is 0 Å². The van der Waals surface area contributed by atoms with Crippen molar-refractivity contribution in [3.05, 3.63) is 35.1 Å². The first-order valence-corrected chi connectivity index (χ1v) is 6.42. The minimum absolute atomic E-state index is 0.0187. The lowest BCUT2D eigenvalue weighted by atomic mass is 10.4. The van der Waals surface area contributed by atoms with Crippen molar-refractivity contribution >= 4 is 21.6 Å². The number of hydrogen-bond acceptors (Lipinski definition) is 5. The van der Waals surface area contributed by atoms with Crippen LogP contribution >= 0.6 is 11.6 Å². The van der Waals surface area contributed by atoms with Crippen LogP contribution in [0, 0.1) is 0 Å². The van der Waals surface area contributed by atoms with Gasteiger partial charge in [0.05, 0.1) is 11.6 Å². The average Bonchev–Trinajstić information content (AvgIpc) is 2.80. The lowest BCUT2D eigenvalue weighted by Gasteiger charge is -2.05. The number of tetrazole rings is 1. The van der Waals surface area contributed by atoms with Crippen LogP contribution in [0.15, 0.2) is 29.2 Å². The van der Waals surface area contributed by atoms with E-state index in [2.05, 4.69) is 25.3 Å². The summed E-state index contributed by atoms with van der Waals surface area (Å²) in [4.78, 5) is 0.0187. The summed E-state index contributed by atoms with van der Waals surface area (Å²) < 4.78 is 26.1. The van der Waals surface area contributed by atoms with Gasteiger partial charge in [-0.05, 0) is 12.1 Å². The molecule has 9 heteroatoms. The first-order chi connectivity index (χ1) is 8.09. The van der Waals surface area contributed by atoms with Crippen LogP contribution in [0.3, 0.4) is 0 Å². The van der Waals surface area contributed by atoms with Gasteiger partial charge in [0.1, 0.15) is 4.90 Å². The highest BCUT2D eigenvalue weighted by Gasteiger charge is 2.17. The van der Waals surface area contributed by atoms with Crippen molar-refractivity contribution in [1.29, 1.82) is 0 Å². The van der Waals surface area contributed by atoms with Crippen LogP contribution in [0.2, 0.25) is 5.02 Å². The molecule has 2 rings (SSSR count). The number of rotatable bonds is 4. The molecule has 17 heavy (non-hydrogen) atoms. The van der Waals surface area contributed by atoms with Gasteiger partial charge in [0.15, 0.2) is 5.82 Å². The molecule has 0 saturated carbocycles. The molecule has 0 radical (unpaired) electrons. The topological polar surface area (TPSA) is 101 Å². The number of H-pyrrole nitrogens is 1. The largest absolute Gasteiger partial charge is 0.242 e. The van der Waals surface area contributed by atoms with E-state index < -0.39 is 10.0 Å². The molecule has 0 unspecified atom stereocenters. The van der Waals surface area contributed by atoms with Gasteiger partial charge in [-0.2, -0.15) is 5.21 Å². The van der Waals surface area contributed by atoms with Crippen molar-refractivity contribution in [2.24, 2.45) is 0 Å². The average molecular weight is 274 g/mol. The van der Waals surface area contributed by atoms with Gasteiger partial charge in [-0.3, -0.25) is 0 Å². The molecule has 1 heterocycles. The second-order valence-corrected chi connectivity index (χ2v) is 5.23. The number of aromatic nitrogens is 4. The van der Waals surface area contributed by atoms with Crippen LogP contribution in [-0.4, -0.2) is 29.0 Å². The Hall–Kier alpha value is -1.51. The Morgan fingerprint density at radius 1 is 1.35 bits per heavy atom. The van der Waals surface area contributed by atoms with Crippen LogP contribution in [0.25, 0.3) is 0 Å². The Morgan fingerprint density at radius 3 is 2.76 bits per heavy atom. The molecule has 2 N–H and O–H groups in total. The third-order valence-corrected chi connectivity index (χ3v) is 3.84. The van der Waals surface area contributed by atoms with Crippen molar-refractivity contribution in [2.75, 3.05) is 0 Å². The number of halogens is 1. The Kier molecular flexibility index (Phi) is 3.36. The van der Waals surface area contributed by atoms with Crippen LogP contribution < -0.4 is 4.72 Å². The first kappa shape index (κ1) is 12.0. The number of nitrogens with zero attached hydrogens (tertiary/aromatic N) is 3. The molecule has 0 aliphatic carbocycles. The van der Waals surface area contributed by atoms with E-state index in [4.69, 9.17) is 11.6 Å². The SMILES string of the molecule is O=S(=O)(NCc1nn[nH]n1)c1ccccc1Cl. The van der Waals surface area contributed by atoms with E-state index in [-0.39, 0.29) is 22.3 Å². The van der Waals surface area contributed by atoms with Crippen molar-refractivity contribution < 1.29 is 8.42 Å². The molecule has 0 amide bonds. The second kappa shape index (κ2) is 4.78. The molecule has 0 spiro atoms. The lowest BCUT2D eigenvalue weighted by Crippen LogP contribution is -2.24. The summed E-state index contributed by atoms with van der Waals surface area (Å²) in [5.74, 6) is 0.251. The van der Waals surface area contributed by atoms with Gasteiger partial charge in [-0.25, -0.2) is 13.1 Å². The quantitative estimate of drug-likeness (QED) is 0.836. The van der Waals surface area contributed by atoms with Crippen LogP contribution in [0.5, 0.6) is 0 Å². The van der Waals surface area contributed by atoms with Crippen molar-refractivity contribution in [2.45, 2.75) is 11.4 Å². The summed E-state index contributed by atoms with van der Waals surface area (Å²) in [7, 11) is -3.67. The first-order valence-electron chi connectivity index (χ1n) is 4.56. The van der Waals surface area contributed by atoms with E-state index in [9.17, 15) is 8.42 Å². The number of benzene rings is 1. The van der Waals surface area contributed by atoms with Gasteiger partial charge < -0.3 is 0 Å². The zero-order valence-corrected chi connectivity index (χ0v) is 10.0. The minimum Gasteiger partial charge on any atom is -0.207 e. The summed E-state index contributed by atoms with van der Waals surface area (Å²) >= 11 is 5.80. The summed E-state index contributed by atoms with van der Waals surface area (Å²) in [6.07, 6.45) is 0. The molecule has 0 aliphatic heterocycles. The molecular formula is C8H8ClN5O2S. The summed E-state index contributed by atoms with van der Waals surface area (Å²) in [6, 6.07) is 6.17. The molecule has 0 aliphatic rings. The highest BCUT2D eigenvalue weighted by atomic mass is 35.5. The van der Waals surface area contributed by atoms with Gasteiger partial charge in [-0.15, -0.1) is 10.2 Å². The van der Waals surface area contributed by atoms with Gasteiger partial charge in [0.2, 0.25) is 10.0 Å². The molecule has 90 valence electrons. The molecule has 0 bridgehead atoms. The van der Waals surface area contributed by atoms with Crippen LogP contribution in [-0.2, 0) is 16.6 Å². The Morgan fingerprint density at radius 2 is 2.12 bits per heavy atom. The third kappa shape index (κ3) is 2.78. The van der Waals surface area contributed by atoms with E-state index >= 15 is 0 Å². The molecular weight excluding hydrogens is 266 g/mol. The Bertz CT molecular complexity index is 598. The summed E-state index contributed by atoms with van der Waals surface area (Å²) in [5, 5.41) is 13.0. The molecule has 7 nitrogen and oxygen atoms in total. The second-order valence-electron chi connectivity index (χ2n) is 3.08. The smallest absolute Gasteiger partial charge is 0.207 e. The van der Waals surface area contributed by atoms with E-state index in [1.54, 1.807) is 12.1 Å². The third-order valence-electron chi connectivity index (χ3n) is 1.94. The number of hydrogen-bond donors (Lipinski definition) is 2. The maximum atomic E-state index is 11.9. The monoisotopic (exact) mass is 273 g/mol. The maximum Gasteiger partial charge on any atom is 0.242 e. The summed E-state index contributed by atoms with van der Waals surface area (Å²) in [5.41, 5.74) is 0. The lowest BCUT2D eigenvalue weighted by molar-refractivity contribution is 0.579. The fourth-order valence-corrected chi connectivity index (χ4v) is 2.65. The van der Waals surface area contributed by atoms with E-state index in [0.29, 0.717) is 0 Å². The summed E-state index contributed by atoms with van der Waals surface area (Å²) in [6.45, 7) is -0.0515. The van der Waals surface area contributed by atoms with Gasteiger partial charge in [-0.1, -0.05) is 28.9 Å². The predicted octanol–water partition coefficient (Wildman–Crippen LogP) is 0.332. The highest BCUT2D eigenvalue weighted by molar-refractivity contribution is 7.89. The zero-order valence-electron chi connectivity index (χ0n) is 8.46. The van der Waals surface area contributed by atoms with Crippen LogP contribution in [0.1, 0.15) is 5.82 Å². The van der Waals surface area contributed by atoms with E-state index in [1.807, 2.05) is 0 Å². The van der Waals surface area contributed by atoms with Crippen LogP contribution in [0.4, 0.5) is 0 Å². The molecule has 0 fully saturated rings. The molecule has 1 aromatic heterocycles. The predicted molar refractivity (Wildman–Crippen MR) is 59.7 cm³/mol. The number of aromatic amines is 1. The maximum absolute atomic E-state index is 11.9. The Labute approximate surface area is 102 Å². The van der Waals surface area contributed by atoms with Gasteiger partial charge in [0, 0.05) is 0 Å².